The highest BCUT2D eigenvalue weighted by atomic mass is 16.5. The lowest BCUT2D eigenvalue weighted by atomic mass is 10.1. The number of ether oxygens (including phenoxy) is 1. The van der Waals surface area contributed by atoms with Gasteiger partial charge in [0.1, 0.15) is 12.4 Å². The molecule has 2 N–H and O–H groups in total. The van der Waals surface area contributed by atoms with E-state index in [2.05, 4.69) is 17.2 Å². The number of likely N-dealkylation sites (tertiary alicyclic amines) is 1. The van der Waals surface area contributed by atoms with Gasteiger partial charge in [0.25, 0.3) is 5.91 Å². The van der Waals surface area contributed by atoms with E-state index in [0.29, 0.717) is 17.9 Å². The van der Waals surface area contributed by atoms with Gasteiger partial charge in [-0.1, -0.05) is 18.7 Å². The van der Waals surface area contributed by atoms with Gasteiger partial charge in [0, 0.05) is 30.0 Å². The molecule has 0 spiro atoms. The number of benzene rings is 2. The summed E-state index contributed by atoms with van der Waals surface area (Å²) >= 11 is 0. The number of amides is 2. The third-order valence-corrected chi connectivity index (χ3v) is 4.71. The fraction of sp³-hybridized carbons (Fsp3) is 0.304. The zero-order valence-corrected chi connectivity index (χ0v) is 16.5. The average molecular weight is 393 g/mol. The van der Waals surface area contributed by atoms with Crippen molar-refractivity contribution < 1.29 is 14.3 Å². The standard InChI is InChI=1S/C23H27N3O3/c1-2-15-29-21-11-9-19(10-12-21)25-22(27)17-24-20-8-6-7-18(16-20)23(28)26-13-4-3-5-14-26/h2,6-12,16,24H,1,3-5,13-15,17H2,(H,25,27). The summed E-state index contributed by atoms with van der Waals surface area (Å²) in [5.41, 5.74) is 2.08. The van der Waals surface area contributed by atoms with Gasteiger partial charge in [-0.2, -0.15) is 0 Å². The summed E-state index contributed by atoms with van der Waals surface area (Å²) < 4.78 is 5.42. The number of hydrogen-bond acceptors (Lipinski definition) is 4. The second-order valence-corrected chi connectivity index (χ2v) is 6.96. The third kappa shape index (κ3) is 6.10. The van der Waals surface area contributed by atoms with Crippen LogP contribution in [0.1, 0.15) is 29.6 Å². The van der Waals surface area contributed by atoms with Crippen molar-refractivity contribution in [3.8, 4) is 5.75 Å². The number of nitrogens with zero attached hydrogens (tertiary/aromatic N) is 1. The zero-order chi connectivity index (χ0) is 20.5. The molecule has 0 saturated carbocycles. The van der Waals surface area contributed by atoms with Crippen molar-refractivity contribution in [2.75, 3.05) is 36.9 Å². The lowest BCUT2D eigenvalue weighted by molar-refractivity contribution is -0.114. The number of hydrogen-bond donors (Lipinski definition) is 2. The maximum Gasteiger partial charge on any atom is 0.253 e. The van der Waals surface area contributed by atoms with Gasteiger partial charge in [0.15, 0.2) is 0 Å². The van der Waals surface area contributed by atoms with Crippen LogP contribution in [-0.2, 0) is 4.79 Å². The highest BCUT2D eigenvalue weighted by Gasteiger charge is 2.18. The number of anilines is 2. The first-order chi connectivity index (χ1) is 14.2. The van der Waals surface area contributed by atoms with Crippen molar-refractivity contribution in [3.63, 3.8) is 0 Å². The molecular weight excluding hydrogens is 366 g/mol. The van der Waals surface area contributed by atoms with Crippen LogP contribution in [0.15, 0.2) is 61.2 Å². The topological polar surface area (TPSA) is 70.7 Å². The fourth-order valence-corrected chi connectivity index (χ4v) is 3.22. The molecule has 2 aromatic carbocycles. The number of carbonyl (C=O) groups excluding carboxylic acids is 2. The van der Waals surface area contributed by atoms with E-state index in [-0.39, 0.29) is 18.4 Å². The minimum Gasteiger partial charge on any atom is -0.490 e. The molecule has 0 aromatic heterocycles. The van der Waals surface area contributed by atoms with Crippen molar-refractivity contribution in [1.29, 1.82) is 0 Å². The Labute approximate surface area is 171 Å². The fourth-order valence-electron chi connectivity index (χ4n) is 3.22. The molecule has 6 heteroatoms. The molecule has 0 aliphatic carbocycles. The van der Waals surface area contributed by atoms with Crippen LogP contribution in [0.3, 0.4) is 0 Å². The maximum atomic E-state index is 12.6. The van der Waals surface area contributed by atoms with E-state index in [0.717, 1.165) is 37.4 Å². The third-order valence-electron chi connectivity index (χ3n) is 4.71. The molecule has 1 aliphatic heterocycles. The molecule has 3 rings (SSSR count). The molecule has 6 nitrogen and oxygen atoms in total. The van der Waals surface area contributed by atoms with Gasteiger partial charge >= 0.3 is 0 Å². The predicted octanol–water partition coefficient (Wildman–Crippen LogP) is 3.93. The lowest BCUT2D eigenvalue weighted by Gasteiger charge is -2.26. The molecule has 29 heavy (non-hydrogen) atoms. The van der Waals surface area contributed by atoms with Crippen LogP contribution in [0.4, 0.5) is 11.4 Å². The van der Waals surface area contributed by atoms with Gasteiger partial charge in [-0.3, -0.25) is 9.59 Å². The van der Waals surface area contributed by atoms with E-state index in [9.17, 15) is 9.59 Å². The number of piperidine rings is 1. The second-order valence-electron chi connectivity index (χ2n) is 6.96. The number of carbonyl (C=O) groups is 2. The Kier molecular flexibility index (Phi) is 7.28. The van der Waals surface area contributed by atoms with E-state index < -0.39 is 0 Å². The van der Waals surface area contributed by atoms with Gasteiger partial charge in [-0.25, -0.2) is 0 Å². The van der Waals surface area contributed by atoms with Crippen molar-refractivity contribution in [3.05, 3.63) is 66.7 Å². The Balaban J connectivity index is 1.51. The van der Waals surface area contributed by atoms with Crippen molar-refractivity contribution >= 4 is 23.2 Å². The van der Waals surface area contributed by atoms with Crippen LogP contribution >= 0.6 is 0 Å². The average Bonchev–Trinajstić information content (AvgIpc) is 2.77. The van der Waals surface area contributed by atoms with Crippen LogP contribution in [0.2, 0.25) is 0 Å². The van der Waals surface area contributed by atoms with Crippen LogP contribution in [0, 0.1) is 0 Å². The molecule has 0 bridgehead atoms. The first kappa shape index (κ1) is 20.5. The molecule has 0 radical (unpaired) electrons. The molecule has 1 heterocycles. The van der Waals surface area contributed by atoms with E-state index in [4.69, 9.17) is 4.74 Å². The maximum absolute atomic E-state index is 12.6. The summed E-state index contributed by atoms with van der Waals surface area (Å²) in [5.74, 6) is 0.602. The second kappa shape index (κ2) is 10.3. The predicted molar refractivity (Wildman–Crippen MR) is 115 cm³/mol. The Bertz CT molecular complexity index is 843. The summed E-state index contributed by atoms with van der Waals surface area (Å²) in [4.78, 5) is 26.7. The van der Waals surface area contributed by atoms with Crippen molar-refractivity contribution in [2.24, 2.45) is 0 Å². The molecule has 0 unspecified atom stereocenters. The largest absolute Gasteiger partial charge is 0.490 e. The molecule has 2 aromatic rings. The van der Waals surface area contributed by atoms with E-state index in [1.54, 1.807) is 36.4 Å². The van der Waals surface area contributed by atoms with E-state index in [1.807, 2.05) is 23.1 Å². The van der Waals surface area contributed by atoms with Gasteiger partial charge in [-0.15, -0.1) is 0 Å². The summed E-state index contributed by atoms with van der Waals surface area (Å²) in [7, 11) is 0. The molecular formula is C23H27N3O3. The van der Waals surface area contributed by atoms with Crippen molar-refractivity contribution in [2.45, 2.75) is 19.3 Å². The monoisotopic (exact) mass is 393 g/mol. The first-order valence-electron chi connectivity index (χ1n) is 9.92. The summed E-state index contributed by atoms with van der Waals surface area (Å²) in [6, 6.07) is 14.5. The SMILES string of the molecule is C=CCOc1ccc(NC(=O)CNc2cccc(C(=O)N3CCCCC3)c2)cc1. The summed E-state index contributed by atoms with van der Waals surface area (Å²) in [6.07, 6.45) is 4.98. The number of nitrogens with one attached hydrogen (secondary N) is 2. The van der Waals surface area contributed by atoms with Crippen LogP contribution in [0.5, 0.6) is 5.75 Å². The van der Waals surface area contributed by atoms with Crippen LogP contribution < -0.4 is 15.4 Å². The minimum atomic E-state index is -0.169. The highest BCUT2D eigenvalue weighted by molar-refractivity contribution is 5.96. The minimum absolute atomic E-state index is 0.0524. The molecule has 1 saturated heterocycles. The summed E-state index contributed by atoms with van der Waals surface area (Å²) in [6.45, 7) is 5.79. The molecule has 1 aliphatic rings. The lowest BCUT2D eigenvalue weighted by Crippen LogP contribution is -2.35. The Hall–Kier alpha value is -3.28. The summed E-state index contributed by atoms with van der Waals surface area (Å²) in [5, 5.41) is 5.92. The van der Waals surface area contributed by atoms with Gasteiger partial charge in [0.05, 0.1) is 6.54 Å². The quantitative estimate of drug-likeness (QED) is 0.667. The molecule has 1 fully saturated rings. The van der Waals surface area contributed by atoms with E-state index >= 15 is 0 Å². The van der Waals surface area contributed by atoms with Crippen molar-refractivity contribution in [1.82, 2.24) is 4.90 Å². The van der Waals surface area contributed by atoms with Gasteiger partial charge in [0.2, 0.25) is 5.91 Å². The molecule has 2 amide bonds. The van der Waals surface area contributed by atoms with Crippen LogP contribution in [-0.4, -0.2) is 43.0 Å². The normalized spacial score (nSPS) is 13.4. The highest BCUT2D eigenvalue weighted by Crippen LogP contribution is 2.17. The van der Waals surface area contributed by atoms with E-state index in [1.165, 1.54) is 6.42 Å². The Morgan fingerprint density at radius 2 is 1.79 bits per heavy atom. The zero-order valence-electron chi connectivity index (χ0n) is 16.5. The number of rotatable bonds is 8. The Morgan fingerprint density at radius 1 is 1.03 bits per heavy atom. The van der Waals surface area contributed by atoms with Gasteiger partial charge < -0.3 is 20.3 Å². The molecule has 152 valence electrons. The van der Waals surface area contributed by atoms with Crippen LogP contribution in [0.25, 0.3) is 0 Å². The smallest absolute Gasteiger partial charge is 0.253 e. The van der Waals surface area contributed by atoms with Gasteiger partial charge in [-0.05, 0) is 61.7 Å². The Morgan fingerprint density at radius 3 is 2.52 bits per heavy atom. The first-order valence-corrected chi connectivity index (χ1v) is 9.92. The molecule has 0 atom stereocenters.